The van der Waals surface area contributed by atoms with E-state index in [1.807, 2.05) is 0 Å². The predicted octanol–water partition coefficient (Wildman–Crippen LogP) is 4.40. The fourth-order valence-electron chi connectivity index (χ4n) is 3.20. The summed E-state index contributed by atoms with van der Waals surface area (Å²) in [6.45, 7) is 0. The lowest BCUT2D eigenvalue weighted by Crippen LogP contribution is -2.41. The third-order valence-corrected chi connectivity index (χ3v) is 7.41. The normalized spacial score (nSPS) is 20.5. The van der Waals surface area contributed by atoms with Crippen molar-refractivity contribution in [3.8, 4) is 0 Å². The van der Waals surface area contributed by atoms with Crippen LogP contribution in [0.1, 0.15) is 36.0 Å². The molecule has 1 fully saturated rings. The smallest absolute Gasteiger partial charge is 0.349 e. The minimum atomic E-state index is -4.25. The predicted molar refractivity (Wildman–Crippen MR) is 101 cm³/mol. The van der Waals surface area contributed by atoms with Gasteiger partial charge in [0.2, 0.25) is 0 Å². The summed E-state index contributed by atoms with van der Waals surface area (Å²) in [6.07, 6.45) is -3.34. The molecule has 0 radical (unpaired) electrons. The Kier molecular flexibility index (Phi) is 5.99. The van der Waals surface area contributed by atoms with Gasteiger partial charge in [-0.1, -0.05) is 12.5 Å². The number of carbonyl (C=O) groups excluding carboxylic acids is 1. The molecule has 152 valence electrons. The number of alkyl halides is 3. The molecular weight excluding hydrogens is 413 g/mol. The number of anilines is 1. The first-order valence-corrected chi connectivity index (χ1v) is 11.1. The molecule has 1 aromatic heterocycles. The van der Waals surface area contributed by atoms with Crippen LogP contribution in [-0.4, -0.2) is 26.5 Å². The summed E-state index contributed by atoms with van der Waals surface area (Å²) in [4.78, 5) is 12.3. The highest BCUT2D eigenvalue weighted by atomic mass is 32.2. The van der Waals surface area contributed by atoms with Gasteiger partial charge in [0.05, 0.1) is 5.92 Å². The number of rotatable bonds is 5. The van der Waals surface area contributed by atoms with E-state index in [2.05, 4.69) is 10.0 Å². The van der Waals surface area contributed by atoms with E-state index in [0.717, 1.165) is 11.3 Å². The van der Waals surface area contributed by atoms with E-state index in [1.54, 1.807) is 11.4 Å². The highest BCUT2D eigenvalue weighted by molar-refractivity contribution is 7.94. The van der Waals surface area contributed by atoms with E-state index in [0.29, 0.717) is 18.5 Å². The summed E-state index contributed by atoms with van der Waals surface area (Å²) < 4.78 is 65.6. The summed E-state index contributed by atoms with van der Waals surface area (Å²) in [5.74, 6) is -1.86. The number of benzene rings is 1. The molecule has 5 nitrogen and oxygen atoms in total. The monoisotopic (exact) mass is 432 g/mol. The topological polar surface area (TPSA) is 75.3 Å². The third-order valence-electron chi connectivity index (χ3n) is 4.63. The van der Waals surface area contributed by atoms with Gasteiger partial charge in [-0.15, -0.1) is 11.3 Å². The fourth-order valence-corrected chi connectivity index (χ4v) is 5.25. The summed E-state index contributed by atoms with van der Waals surface area (Å²) in [6, 6.07) is 8.34. The molecular formula is C18H19F3N2O3S2. The molecule has 3 rings (SSSR count). The van der Waals surface area contributed by atoms with Gasteiger partial charge in [0, 0.05) is 17.3 Å². The maximum Gasteiger partial charge on any atom is 0.391 e. The highest BCUT2D eigenvalue weighted by Gasteiger charge is 2.42. The van der Waals surface area contributed by atoms with E-state index in [-0.39, 0.29) is 22.6 Å². The maximum atomic E-state index is 12.9. The van der Waals surface area contributed by atoms with Crippen molar-refractivity contribution in [1.82, 2.24) is 5.32 Å². The van der Waals surface area contributed by atoms with E-state index in [1.165, 1.54) is 30.3 Å². The van der Waals surface area contributed by atoms with E-state index in [9.17, 15) is 26.4 Å². The number of nitrogens with one attached hydrogen (secondary N) is 2. The number of hydrogen-bond acceptors (Lipinski definition) is 4. The largest absolute Gasteiger partial charge is 0.391 e. The van der Waals surface area contributed by atoms with Crippen LogP contribution in [0.3, 0.4) is 0 Å². The first-order chi connectivity index (χ1) is 13.1. The Morgan fingerprint density at radius 3 is 2.43 bits per heavy atom. The average Bonchev–Trinajstić information content (AvgIpc) is 3.17. The second kappa shape index (κ2) is 8.12. The lowest BCUT2D eigenvalue weighted by atomic mass is 9.85. The van der Waals surface area contributed by atoms with Crippen molar-refractivity contribution in [3.05, 3.63) is 47.3 Å². The molecule has 2 N–H and O–H groups in total. The van der Waals surface area contributed by atoms with E-state index in [4.69, 9.17) is 0 Å². The first kappa shape index (κ1) is 20.7. The minimum absolute atomic E-state index is 0.0922. The van der Waals surface area contributed by atoms with Gasteiger partial charge < -0.3 is 5.32 Å². The molecule has 0 spiro atoms. The average molecular weight is 432 g/mol. The summed E-state index contributed by atoms with van der Waals surface area (Å²) in [7, 11) is -3.68. The first-order valence-electron chi connectivity index (χ1n) is 8.69. The van der Waals surface area contributed by atoms with E-state index >= 15 is 0 Å². The van der Waals surface area contributed by atoms with Gasteiger partial charge in [0.1, 0.15) is 4.21 Å². The standard InChI is InChI=1S/C18H19F3N2O3S2/c19-18(20,21)13-3-1-4-15(11-13)22-17(24)12-6-8-14(9-7-12)23-28(25,26)16-5-2-10-27-16/h2,5-10,13,15,23H,1,3-4,11H2,(H,22,24). The van der Waals surface area contributed by atoms with Crippen molar-refractivity contribution in [3.63, 3.8) is 0 Å². The van der Waals surface area contributed by atoms with Crippen LogP contribution in [0.4, 0.5) is 18.9 Å². The molecule has 2 aromatic rings. The van der Waals surface area contributed by atoms with Crippen LogP contribution in [0.15, 0.2) is 46.0 Å². The van der Waals surface area contributed by atoms with E-state index < -0.39 is 34.1 Å². The van der Waals surface area contributed by atoms with Gasteiger partial charge >= 0.3 is 6.18 Å². The second-order valence-electron chi connectivity index (χ2n) is 6.69. The minimum Gasteiger partial charge on any atom is -0.349 e. The second-order valence-corrected chi connectivity index (χ2v) is 9.55. The van der Waals surface area contributed by atoms with Crippen molar-refractivity contribution in [1.29, 1.82) is 0 Å². The fraction of sp³-hybridized carbons (Fsp3) is 0.389. The van der Waals surface area contributed by atoms with Crippen LogP contribution >= 0.6 is 11.3 Å². The molecule has 0 aliphatic heterocycles. The molecule has 2 atom stereocenters. The molecule has 2 unspecified atom stereocenters. The van der Waals surface area contributed by atoms with Crippen molar-refractivity contribution in [2.24, 2.45) is 5.92 Å². The molecule has 0 saturated heterocycles. The van der Waals surface area contributed by atoms with Crippen LogP contribution in [0.2, 0.25) is 0 Å². The number of thiophene rings is 1. The van der Waals surface area contributed by atoms with Gasteiger partial charge in [0.25, 0.3) is 15.9 Å². The third kappa shape index (κ3) is 5.05. The Bertz CT molecular complexity index is 911. The molecule has 1 aliphatic carbocycles. The Morgan fingerprint density at radius 1 is 1.11 bits per heavy atom. The number of halogens is 3. The molecule has 1 aliphatic rings. The zero-order valence-corrected chi connectivity index (χ0v) is 16.3. The van der Waals surface area contributed by atoms with Gasteiger partial charge in [0.15, 0.2) is 0 Å². The molecule has 10 heteroatoms. The van der Waals surface area contributed by atoms with Crippen molar-refractivity contribution >= 4 is 33.0 Å². The van der Waals surface area contributed by atoms with Crippen molar-refractivity contribution in [2.45, 2.75) is 42.1 Å². The number of amides is 1. The number of hydrogen-bond donors (Lipinski definition) is 2. The van der Waals surface area contributed by atoms with Gasteiger partial charge in [-0.05, 0) is 55.0 Å². The van der Waals surface area contributed by atoms with Crippen molar-refractivity contribution < 1.29 is 26.4 Å². The zero-order chi connectivity index (χ0) is 20.4. The number of carbonyl (C=O) groups is 1. The van der Waals surface area contributed by atoms with Crippen molar-refractivity contribution in [2.75, 3.05) is 4.72 Å². The summed E-state index contributed by atoms with van der Waals surface area (Å²) in [5, 5.41) is 4.30. The van der Waals surface area contributed by atoms with Crippen LogP contribution in [0, 0.1) is 5.92 Å². The van der Waals surface area contributed by atoms with Gasteiger partial charge in [-0.25, -0.2) is 8.42 Å². The molecule has 1 amide bonds. The van der Waals surface area contributed by atoms with Crippen LogP contribution in [0.5, 0.6) is 0 Å². The lowest BCUT2D eigenvalue weighted by molar-refractivity contribution is -0.183. The Balaban J connectivity index is 1.61. The Labute approximate surface area is 165 Å². The highest BCUT2D eigenvalue weighted by Crippen LogP contribution is 2.37. The molecule has 0 bridgehead atoms. The lowest BCUT2D eigenvalue weighted by Gasteiger charge is -2.31. The molecule has 1 saturated carbocycles. The van der Waals surface area contributed by atoms with Crippen LogP contribution in [0.25, 0.3) is 0 Å². The van der Waals surface area contributed by atoms with Gasteiger partial charge in [-0.3, -0.25) is 9.52 Å². The SMILES string of the molecule is O=C(NC1CCCC(C(F)(F)F)C1)c1ccc(NS(=O)(=O)c2cccs2)cc1. The summed E-state index contributed by atoms with van der Waals surface area (Å²) in [5.41, 5.74) is 0.549. The maximum absolute atomic E-state index is 12.9. The summed E-state index contributed by atoms with van der Waals surface area (Å²) >= 11 is 1.08. The zero-order valence-electron chi connectivity index (χ0n) is 14.7. The van der Waals surface area contributed by atoms with Crippen LogP contribution in [-0.2, 0) is 10.0 Å². The Morgan fingerprint density at radius 2 is 1.82 bits per heavy atom. The van der Waals surface area contributed by atoms with Crippen LogP contribution < -0.4 is 10.0 Å². The molecule has 1 aromatic carbocycles. The molecule has 1 heterocycles. The Hall–Kier alpha value is -2.07. The number of sulfonamides is 1. The quantitative estimate of drug-likeness (QED) is 0.735. The van der Waals surface area contributed by atoms with Gasteiger partial charge in [-0.2, -0.15) is 13.2 Å². The molecule has 28 heavy (non-hydrogen) atoms.